The van der Waals surface area contributed by atoms with Crippen molar-refractivity contribution in [2.45, 2.75) is 6.61 Å². The number of benzene rings is 2. The molecule has 0 aliphatic carbocycles. The third-order valence-electron chi connectivity index (χ3n) is 2.59. The third-order valence-corrected chi connectivity index (χ3v) is 2.59. The number of hydrazine groups is 1. The minimum atomic E-state index is 0.456. The maximum absolute atomic E-state index is 5.70. The van der Waals surface area contributed by atoms with E-state index in [4.69, 9.17) is 15.3 Å². The molecule has 0 saturated heterocycles. The Kier molecular flexibility index (Phi) is 4.04. The van der Waals surface area contributed by atoms with Gasteiger partial charge in [0.05, 0.1) is 12.8 Å². The van der Waals surface area contributed by atoms with Gasteiger partial charge in [-0.25, -0.2) is 0 Å². The number of hydrogen-bond donors (Lipinski definition) is 2. The number of ether oxygens (including phenoxy) is 2. The van der Waals surface area contributed by atoms with Gasteiger partial charge in [-0.2, -0.15) is 0 Å². The van der Waals surface area contributed by atoms with Crippen LogP contribution in [0.5, 0.6) is 11.5 Å². The normalized spacial score (nSPS) is 9.89. The van der Waals surface area contributed by atoms with Crippen LogP contribution in [0.1, 0.15) is 5.56 Å². The molecule has 2 aromatic rings. The molecule has 0 spiro atoms. The number of anilines is 1. The Morgan fingerprint density at radius 3 is 2.72 bits per heavy atom. The first-order valence-corrected chi connectivity index (χ1v) is 5.65. The van der Waals surface area contributed by atoms with Crippen molar-refractivity contribution >= 4 is 5.69 Å². The molecule has 0 unspecified atom stereocenters. The minimum absolute atomic E-state index is 0.456. The van der Waals surface area contributed by atoms with Gasteiger partial charge in [0.2, 0.25) is 0 Å². The molecule has 0 bridgehead atoms. The molecule has 2 aromatic carbocycles. The van der Waals surface area contributed by atoms with Gasteiger partial charge in [0.25, 0.3) is 0 Å². The quantitative estimate of drug-likeness (QED) is 0.627. The number of hydrogen-bond acceptors (Lipinski definition) is 4. The Hall–Kier alpha value is -2.20. The van der Waals surface area contributed by atoms with Crippen LogP contribution in [0.25, 0.3) is 0 Å². The van der Waals surface area contributed by atoms with Crippen molar-refractivity contribution in [3.8, 4) is 11.5 Å². The molecule has 3 N–H and O–H groups in total. The lowest BCUT2D eigenvalue weighted by atomic mass is 10.2. The van der Waals surface area contributed by atoms with Gasteiger partial charge in [-0.05, 0) is 18.2 Å². The van der Waals surface area contributed by atoms with Crippen LogP contribution >= 0.6 is 0 Å². The zero-order chi connectivity index (χ0) is 12.8. The lowest BCUT2D eigenvalue weighted by Crippen LogP contribution is -2.06. The minimum Gasteiger partial charge on any atom is -0.496 e. The SMILES string of the molecule is COc1ccccc1COc1cccc(NN)c1. The summed E-state index contributed by atoms with van der Waals surface area (Å²) in [7, 11) is 1.65. The Labute approximate surface area is 106 Å². The molecule has 0 aromatic heterocycles. The van der Waals surface area contributed by atoms with Crippen molar-refractivity contribution in [1.29, 1.82) is 0 Å². The van der Waals surface area contributed by atoms with E-state index in [1.165, 1.54) is 0 Å². The second-order valence-corrected chi connectivity index (χ2v) is 3.77. The van der Waals surface area contributed by atoms with Gasteiger partial charge < -0.3 is 14.9 Å². The summed E-state index contributed by atoms with van der Waals surface area (Å²) >= 11 is 0. The molecular formula is C14H16N2O2. The summed E-state index contributed by atoms with van der Waals surface area (Å²) < 4.78 is 11.0. The largest absolute Gasteiger partial charge is 0.496 e. The Bertz CT molecular complexity index is 515. The highest BCUT2D eigenvalue weighted by Gasteiger charge is 2.02. The van der Waals surface area contributed by atoms with Gasteiger partial charge in [-0.15, -0.1) is 0 Å². The molecular weight excluding hydrogens is 228 g/mol. The fraction of sp³-hybridized carbons (Fsp3) is 0.143. The van der Waals surface area contributed by atoms with Gasteiger partial charge in [-0.1, -0.05) is 24.3 Å². The zero-order valence-electron chi connectivity index (χ0n) is 10.2. The third kappa shape index (κ3) is 2.93. The fourth-order valence-corrected chi connectivity index (χ4v) is 1.66. The van der Waals surface area contributed by atoms with Crippen LogP contribution in [0.4, 0.5) is 5.69 Å². The predicted octanol–water partition coefficient (Wildman–Crippen LogP) is 2.56. The fourth-order valence-electron chi connectivity index (χ4n) is 1.66. The van der Waals surface area contributed by atoms with E-state index in [0.717, 1.165) is 22.7 Å². The maximum atomic E-state index is 5.70. The van der Waals surface area contributed by atoms with E-state index in [1.807, 2.05) is 48.5 Å². The summed E-state index contributed by atoms with van der Waals surface area (Å²) in [6.45, 7) is 0.456. The molecule has 18 heavy (non-hydrogen) atoms. The highest BCUT2D eigenvalue weighted by atomic mass is 16.5. The standard InChI is InChI=1S/C14H16N2O2/c1-17-14-8-3-2-5-11(14)10-18-13-7-4-6-12(9-13)16-15/h2-9,16H,10,15H2,1H3. The highest BCUT2D eigenvalue weighted by Crippen LogP contribution is 2.21. The zero-order valence-corrected chi connectivity index (χ0v) is 10.2. The van der Waals surface area contributed by atoms with E-state index in [0.29, 0.717) is 6.61 Å². The summed E-state index contributed by atoms with van der Waals surface area (Å²) in [5, 5.41) is 0. The van der Waals surface area contributed by atoms with Crippen LogP contribution in [0.15, 0.2) is 48.5 Å². The van der Waals surface area contributed by atoms with Crippen molar-refractivity contribution in [2.24, 2.45) is 5.84 Å². The average Bonchev–Trinajstić information content (AvgIpc) is 2.45. The topological polar surface area (TPSA) is 56.5 Å². The number of nitrogens with two attached hydrogens (primary N) is 1. The Morgan fingerprint density at radius 2 is 1.94 bits per heavy atom. The maximum Gasteiger partial charge on any atom is 0.125 e. The monoisotopic (exact) mass is 244 g/mol. The summed E-state index contributed by atoms with van der Waals surface area (Å²) in [5.74, 6) is 6.93. The van der Waals surface area contributed by atoms with Gasteiger partial charge in [0, 0.05) is 11.6 Å². The molecule has 4 heteroatoms. The van der Waals surface area contributed by atoms with E-state index in [1.54, 1.807) is 7.11 Å². The van der Waals surface area contributed by atoms with Gasteiger partial charge in [0.15, 0.2) is 0 Å². The van der Waals surface area contributed by atoms with E-state index in [2.05, 4.69) is 5.43 Å². The van der Waals surface area contributed by atoms with Crippen LogP contribution in [-0.2, 0) is 6.61 Å². The van der Waals surface area contributed by atoms with Gasteiger partial charge in [-0.3, -0.25) is 5.84 Å². The predicted molar refractivity (Wildman–Crippen MR) is 71.6 cm³/mol. The lowest BCUT2D eigenvalue weighted by Gasteiger charge is -2.10. The molecule has 0 aliphatic rings. The van der Waals surface area contributed by atoms with Crippen LogP contribution in [-0.4, -0.2) is 7.11 Å². The Morgan fingerprint density at radius 1 is 1.11 bits per heavy atom. The van der Waals surface area contributed by atoms with Crippen molar-refractivity contribution in [3.05, 3.63) is 54.1 Å². The van der Waals surface area contributed by atoms with Crippen LogP contribution in [0.2, 0.25) is 0 Å². The first-order valence-electron chi connectivity index (χ1n) is 5.65. The molecule has 0 saturated carbocycles. The van der Waals surface area contributed by atoms with Crippen molar-refractivity contribution < 1.29 is 9.47 Å². The van der Waals surface area contributed by atoms with Crippen LogP contribution in [0.3, 0.4) is 0 Å². The number of nitrogen functional groups attached to an aromatic ring is 1. The van der Waals surface area contributed by atoms with Crippen LogP contribution < -0.4 is 20.7 Å². The number of para-hydroxylation sites is 1. The molecule has 0 aliphatic heterocycles. The molecule has 94 valence electrons. The number of methoxy groups -OCH3 is 1. The molecule has 0 heterocycles. The second-order valence-electron chi connectivity index (χ2n) is 3.77. The number of rotatable bonds is 5. The second kappa shape index (κ2) is 5.93. The van der Waals surface area contributed by atoms with Gasteiger partial charge in [0.1, 0.15) is 18.1 Å². The number of nitrogens with one attached hydrogen (secondary N) is 1. The molecule has 0 radical (unpaired) electrons. The smallest absolute Gasteiger partial charge is 0.125 e. The summed E-state index contributed by atoms with van der Waals surface area (Å²) in [6.07, 6.45) is 0. The lowest BCUT2D eigenvalue weighted by molar-refractivity contribution is 0.297. The van der Waals surface area contributed by atoms with Crippen molar-refractivity contribution in [1.82, 2.24) is 0 Å². The van der Waals surface area contributed by atoms with Crippen molar-refractivity contribution in [3.63, 3.8) is 0 Å². The molecule has 0 fully saturated rings. The highest BCUT2D eigenvalue weighted by molar-refractivity contribution is 5.47. The molecule has 2 rings (SSSR count). The molecule has 0 amide bonds. The first kappa shape index (κ1) is 12.3. The summed E-state index contributed by atoms with van der Waals surface area (Å²) in [5.41, 5.74) is 4.40. The van der Waals surface area contributed by atoms with E-state index in [-0.39, 0.29) is 0 Å². The first-order chi connectivity index (χ1) is 8.83. The van der Waals surface area contributed by atoms with E-state index < -0.39 is 0 Å². The van der Waals surface area contributed by atoms with Crippen molar-refractivity contribution in [2.75, 3.05) is 12.5 Å². The molecule has 0 atom stereocenters. The van der Waals surface area contributed by atoms with Crippen LogP contribution in [0, 0.1) is 0 Å². The Balaban J connectivity index is 2.06. The van der Waals surface area contributed by atoms with Gasteiger partial charge >= 0.3 is 0 Å². The average molecular weight is 244 g/mol. The van der Waals surface area contributed by atoms with E-state index >= 15 is 0 Å². The van der Waals surface area contributed by atoms with E-state index in [9.17, 15) is 0 Å². The summed E-state index contributed by atoms with van der Waals surface area (Å²) in [6, 6.07) is 15.3. The summed E-state index contributed by atoms with van der Waals surface area (Å²) in [4.78, 5) is 0. The molecule has 4 nitrogen and oxygen atoms in total.